The van der Waals surface area contributed by atoms with Crippen LogP contribution in [0, 0.1) is 0 Å². The zero-order valence-electron chi connectivity index (χ0n) is 27.0. The Kier molecular flexibility index (Phi) is 6.48. The number of anilines is 6. The van der Waals surface area contributed by atoms with Gasteiger partial charge in [-0.2, -0.15) is 0 Å². The molecule has 9 rings (SSSR count). The van der Waals surface area contributed by atoms with Crippen LogP contribution in [-0.4, -0.2) is 0 Å². The summed E-state index contributed by atoms with van der Waals surface area (Å²) in [6.07, 6.45) is 0. The highest BCUT2D eigenvalue weighted by molar-refractivity contribution is 5.98. The third kappa shape index (κ3) is 4.43. The minimum absolute atomic E-state index is 0.228. The molecule has 7 aromatic carbocycles. The molecule has 0 radical (unpaired) electrons. The average Bonchev–Trinajstić information content (AvgIpc) is 3.15. The standard InChI is InChI=1S/C45H34N2O/c1-45(2)37-24-12-13-25-39(37)47-41-27-15-26-40(44(41)48-42-30-34(29-38(45)43(42)47)32-18-8-4-9-19-32)46(35-21-10-5-11-22-35)36-23-14-20-33(28-36)31-16-6-3-7-17-31/h3-30H,1-2H3. The number of fused-ring (bicyclic) bond motifs is 4. The minimum Gasteiger partial charge on any atom is -0.451 e. The Balaban J connectivity index is 1.29. The predicted molar refractivity (Wildman–Crippen MR) is 199 cm³/mol. The maximum Gasteiger partial charge on any atom is 0.175 e. The Morgan fingerprint density at radius 2 is 1.06 bits per heavy atom. The first-order valence-corrected chi connectivity index (χ1v) is 16.5. The summed E-state index contributed by atoms with van der Waals surface area (Å²) in [5.74, 6) is 1.68. The molecule has 0 saturated carbocycles. The summed E-state index contributed by atoms with van der Waals surface area (Å²) in [5, 5.41) is 0. The van der Waals surface area contributed by atoms with Crippen LogP contribution in [0.15, 0.2) is 170 Å². The van der Waals surface area contributed by atoms with E-state index in [-0.39, 0.29) is 5.41 Å². The molecule has 230 valence electrons. The normalized spacial score (nSPS) is 13.5. The number of nitrogens with zero attached hydrogens (tertiary/aromatic N) is 2. The van der Waals surface area contributed by atoms with Crippen molar-refractivity contribution >= 4 is 34.1 Å². The number of benzene rings is 7. The molecule has 0 N–H and O–H groups in total. The molecule has 3 heteroatoms. The number of para-hydroxylation sites is 3. The van der Waals surface area contributed by atoms with Gasteiger partial charge in [-0.25, -0.2) is 0 Å². The molecule has 0 unspecified atom stereocenters. The van der Waals surface area contributed by atoms with E-state index in [0.29, 0.717) is 0 Å². The van der Waals surface area contributed by atoms with Crippen molar-refractivity contribution in [2.75, 3.05) is 9.80 Å². The van der Waals surface area contributed by atoms with Crippen molar-refractivity contribution in [3.8, 4) is 33.8 Å². The van der Waals surface area contributed by atoms with Gasteiger partial charge in [0, 0.05) is 16.8 Å². The van der Waals surface area contributed by atoms with Crippen LogP contribution >= 0.6 is 0 Å². The molecular weight excluding hydrogens is 585 g/mol. The molecule has 2 heterocycles. The van der Waals surface area contributed by atoms with Gasteiger partial charge in [-0.05, 0) is 88.0 Å². The van der Waals surface area contributed by atoms with Crippen LogP contribution in [0.3, 0.4) is 0 Å². The first-order chi connectivity index (χ1) is 23.6. The molecule has 7 aromatic rings. The molecule has 2 aliphatic heterocycles. The molecule has 3 nitrogen and oxygen atoms in total. The summed E-state index contributed by atoms with van der Waals surface area (Å²) in [6, 6.07) is 60.4. The topological polar surface area (TPSA) is 15.7 Å². The van der Waals surface area contributed by atoms with Crippen molar-refractivity contribution in [3.63, 3.8) is 0 Å². The number of hydrogen-bond acceptors (Lipinski definition) is 3. The highest BCUT2D eigenvalue weighted by Crippen LogP contribution is 2.62. The molecule has 0 aromatic heterocycles. The van der Waals surface area contributed by atoms with E-state index < -0.39 is 0 Å². The van der Waals surface area contributed by atoms with Crippen molar-refractivity contribution in [2.24, 2.45) is 0 Å². The highest BCUT2D eigenvalue weighted by atomic mass is 16.5. The Morgan fingerprint density at radius 1 is 0.479 bits per heavy atom. The van der Waals surface area contributed by atoms with Crippen molar-refractivity contribution in [2.45, 2.75) is 19.3 Å². The first kappa shape index (κ1) is 28.2. The zero-order chi connectivity index (χ0) is 32.2. The van der Waals surface area contributed by atoms with E-state index in [1.54, 1.807) is 0 Å². The van der Waals surface area contributed by atoms with Gasteiger partial charge in [-0.3, -0.25) is 0 Å². The quantitative estimate of drug-likeness (QED) is 0.191. The first-order valence-electron chi connectivity index (χ1n) is 16.5. The van der Waals surface area contributed by atoms with E-state index in [1.807, 2.05) is 0 Å². The Bertz CT molecular complexity index is 2290. The molecule has 0 bridgehead atoms. The summed E-state index contributed by atoms with van der Waals surface area (Å²) in [4.78, 5) is 4.74. The van der Waals surface area contributed by atoms with Gasteiger partial charge in [-0.1, -0.05) is 129 Å². The van der Waals surface area contributed by atoms with Crippen molar-refractivity contribution < 1.29 is 4.74 Å². The Hall–Kier alpha value is -6.06. The molecule has 0 aliphatic carbocycles. The monoisotopic (exact) mass is 618 g/mol. The molecule has 0 amide bonds. The van der Waals surface area contributed by atoms with Crippen LogP contribution in [0.4, 0.5) is 34.1 Å². The fourth-order valence-corrected chi connectivity index (χ4v) is 7.44. The van der Waals surface area contributed by atoms with Crippen LogP contribution in [0.5, 0.6) is 11.5 Å². The van der Waals surface area contributed by atoms with Gasteiger partial charge in [0.1, 0.15) is 0 Å². The van der Waals surface area contributed by atoms with Crippen molar-refractivity contribution in [1.29, 1.82) is 0 Å². The van der Waals surface area contributed by atoms with Gasteiger partial charge < -0.3 is 14.5 Å². The van der Waals surface area contributed by atoms with Crippen molar-refractivity contribution in [1.82, 2.24) is 0 Å². The fraction of sp³-hybridized carbons (Fsp3) is 0.0667. The minimum atomic E-state index is -0.228. The van der Waals surface area contributed by atoms with Crippen LogP contribution in [0.25, 0.3) is 22.3 Å². The van der Waals surface area contributed by atoms with Crippen LogP contribution in [0.2, 0.25) is 0 Å². The van der Waals surface area contributed by atoms with Gasteiger partial charge in [0.15, 0.2) is 11.5 Å². The largest absolute Gasteiger partial charge is 0.451 e. The molecule has 0 atom stereocenters. The van der Waals surface area contributed by atoms with Gasteiger partial charge in [0.25, 0.3) is 0 Å². The lowest BCUT2D eigenvalue weighted by Gasteiger charge is -2.45. The summed E-state index contributed by atoms with van der Waals surface area (Å²) >= 11 is 0. The third-order valence-electron chi connectivity index (χ3n) is 9.79. The second kappa shape index (κ2) is 11.0. The van der Waals surface area contributed by atoms with E-state index in [1.165, 1.54) is 27.9 Å². The molecular formula is C45H34N2O. The molecule has 0 spiro atoms. The van der Waals surface area contributed by atoms with E-state index in [0.717, 1.165) is 51.1 Å². The van der Waals surface area contributed by atoms with Crippen molar-refractivity contribution in [3.05, 3.63) is 181 Å². The smallest absolute Gasteiger partial charge is 0.175 e. The molecule has 0 fully saturated rings. The summed E-state index contributed by atoms with van der Waals surface area (Å²) in [7, 11) is 0. The lowest BCUT2D eigenvalue weighted by Crippen LogP contribution is -2.32. The number of hydrogen-bond donors (Lipinski definition) is 0. The van der Waals surface area contributed by atoms with Gasteiger partial charge in [-0.15, -0.1) is 0 Å². The third-order valence-corrected chi connectivity index (χ3v) is 9.79. The highest BCUT2D eigenvalue weighted by Gasteiger charge is 2.42. The second-order valence-corrected chi connectivity index (χ2v) is 13.0. The van der Waals surface area contributed by atoms with E-state index in [9.17, 15) is 0 Å². The maximum atomic E-state index is 7.18. The second-order valence-electron chi connectivity index (χ2n) is 13.0. The Labute approximate surface area is 281 Å². The predicted octanol–water partition coefficient (Wildman–Crippen LogP) is 12.7. The lowest BCUT2D eigenvalue weighted by molar-refractivity contribution is 0.472. The number of rotatable bonds is 5. The summed E-state index contributed by atoms with van der Waals surface area (Å²) in [6.45, 7) is 4.66. The van der Waals surface area contributed by atoms with Crippen LogP contribution in [0.1, 0.15) is 25.0 Å². The number of ether oxygens (including phenoxy) is 1. The average molecular weight is 619 g/mol. The SMILES string of the molecule is CC1(C)c2ccccc2N2c3cccc(N(c4ccccc4)c4cccc(-c5ccccc5)c4)c3Oc3cc(-c4ccccc4)cc1c32. The summed E-state index contributed by atoms with van der Waals surface area (Å²) < 4.78 is 7.18. The molecule has 2 aliphatic rings. The maximum absolute atomic E-state index is 7.18. The van der Waals surface area contributed by atoms with Gasteiger partial charge in [0.2, 0.25) is 0 Å². The van der Waals surface area contributed by atoms with E-state index in [2.05, 4.69) is 194 Å². The summed E-state index contributed by atoms with van der Waals surface area (Å²) in [5.41, 5.74) is 13.4. The fourth-order valence-electron chi connectivity index (χ4n) is 7.44. The molecule has 0 saturated heterocycles. The van der Waals surface area contributed by atoms with E-state index >= 15 is 0 Å². The van der Waals surface area contributed by atoms with Gasteiger partial charge >= 0.3 is 0 Å². The Morgan fingerprint density at radius 3 is 1.81 bits per heavy atom. The lowest BCUT2D eigenvalue weighted by atomic mass is 9.72. The van der Waals surface area contributed by atoms with Gasteiger partial charge in [0.05, 0.1) is 22.7 Å². The van der Waals surface area contributed by atoms with E-state index in [4.69, 9.17) is 4.74 Å². The van der Waals surface area contributed by atoms with Crippen LogP contribution in [-0.2, 0) is 5.41 Å². The van der Waals surface area contributed by atoms with Crippen LogP contribution < -0.4 is 14.5 Å². The molecule has 48 heavy (non-hydrogen) atoms. The zero-order valence-corrected chi connectivity index (χ0v) is 27.0.